The van der Waals surface area contributed by atoms with Gasteiger partial charge in [-0.05, 0) is 37.3 Å². The van der Waals surface area contributed by atoms with Gasteiger partial charge in [0, 0.05) is 50.9 Å². The van der Waals surface area contributed by atoms with Crippen molar-refractivity contribution in [2.45, 2.75) is 6.92 Å². The van der Waals surface area contributed by atoms with Gasteiger partial charge in [0.2, 0.25) is 0 Å². The van der Waals surface area contributed by atoms with Crippen molar-refractivity contribution < 1.29 is 4.79 Å². The Kier molecular flexibility index (Phi) is 3.84. The zero-order valence-electron chi connectivity index (χ0n) is 16.3. The normalized spacial score (nSPS) is 11.5. The molecule has 0 saturated heterocycles. The second-order valence-corrected chi connectivity index (χ2v) is 8.29. The molecule has 6 aromatic rings. The number of nitrogens with zero attached hydrogens (tertiary/aromatic N) is 4. The van der Waals surface area contributed by atoms with E-state index in [4.69, 9.17) is 0 Å². The van der Waals surface area contributed by atoms with E-state index in [1.54, 1.807) is 25.5 Å². The topological polar surface area (TPSA) is 116 Å². The Bertz CT molecular complexity index is 1570. The molecule has 6 heterocycles. The zero-order chi connectivity index (χ0) is 20.9. The van der Waals surface area contributed by atoms with Crippen LogP contribution in [0.4, 0.5) is 0 Å². The van der Waals surface area contributed by atoms with Gasteiger partial charge in [0.05, 0.1) is 22.5 Å². The molecule has 6 aromatic heterocycles. The smallest absolute Gasteiger partial charge is 0.181 e. The van der Waals surface area contributed by atoms with E-state index in [2.05, 4.69) is 41.4 Å². The number of carbonyl (C=O) groups is 1. The average Bonchev–Trinajstić information content (AvgIpc) is 3.58. The number of aromatic nitrogens is 7. The summed E-state index contributed by atoms with van der Waals surface area (Å²) in [4.78, 5) is 25.9. The van der Waals surface area contributed by atoms with Crippen LogP contribution in [-0.4, -0.2) is 41.1 Å². The number of H-pyrrole nitrogens is 3. The lowest BCUT2D eigenvalue weighted by atomic mass is 10.1. The molecule has 6 rings (SSSR count). The molecule has 150 valence electrons. The molecule has 9 heteroatoms. The van der Waals surface area contributed by atoms with Crippen molar-refractivity contribution in [2.75, 3.05) is 0 Å². The third-order valence-corrected chi connectivity index (χ3v) is 6.48. The first-order chi connectivity index (χ1) is 15.2. The van der Waals surface area contributed by atoms with Crippen molar-refractivity contribution >= 4 is 39.2 Å². The predicted molar refractivity (Wildman–Crippen MR) is 120 cm³/mol. The van der Waals surface area contributed by atoms with E-state index in [-0.39, 0.29) is 5.78 Å². The monoisotopic (exact) mass is 425 g/mol. The van der Waals surface area contributed by atoms with Crippen LogP contribution < -0.4 is 0 Å². The van der Waals surface area contributed by atoms with Crippen LogP contribution in [-0.2, 0) is 0 Å². The van der Waals surface area contributed by atoms with Crippen LogP contribution in [0.1, 0.15) is 16.6 Å². The maximum Gasteiger partial charge on any atom is 0.181 e. The highest BCUT2D eigenvalue weighted by Crippen LogP contribution is 2.36. The zero-order valence-corrected chi connectivity index (χ0v) is 17.1. The van der Waals surface area contributed by atoms with Crippen molar-refractivity contribution in [2.24, 2.45) is 0 Å². The summed E-state index contributed by atoms with van der Waals surface area (Å²) in [6, 6.07) is 9.93. The number of hydrogen-bond donors (Lipinski definition) is 3. The molecule has 3 N–H and O–H groups in total. The van der Waals surface area contributed by atoms with Crippen molar-refractivity contribution in [3.05, 3.63) is 60.0 Å². The van der Waals surface area contributed by atoms with Gasteiger partial charge >= 0.3 is 0 Å². The van der Waals surface area contributed by atoms with Crippen LogP contribution in [0, 0.1) is 0 Å². The molecule has 0 aliphatic heterocycles. The Morgan fingerprint density at radius 1 is 1.03 bits per heavy atom. The predicted octanol–water partition coefficient (Wildman–Crippen LogP) is 4.82. The average molecular weight is 425 g/mol. The summed E-state index contributed by atoms with van der Waals surface area (Å²) in [7, 11) is 0. The number of nitrogens with one attached hydrogen (secondary N) is 3. The Labute approximate surface area is 179 Å². The van der Waals surface area contributed by atoms with Gasteiger partial charge in [-0.3, -0.25) is 15.0 Å². The van der Waals surface area contributed by atoms with Crippen LogP contribution in [0.3, 0.4) is 0 Å². The molecule has 0 fully saturated rings. The molecule has 0 atom stereocenters. The van der Waals surface area contributed by atoms with E-state index in [1.165, 1.54) is 11.3 Å². The molecule has 0 aliphatic rings. The lowest BCUT2D eigenvalue weighted by Gasteiger charge is -1.98. The van der Waals surface area contributed by atoms with Crippen LogP contribution in [0.15, 0.2) is 55.1 Å². The molecule has 0 amide bonds. The maximum absolute atomic E-state index is 11.7. The number of aromatic amines is 3. The van der Waals surface area contributed by atoms with Gasteiger partial charge in [-0.2, -0.15) is 10.2 Å². The Morgan fingerprint density at radius 3 is 2.77 bits per heavy atom. The first-order valence-electron chi connectivity index (χ1n) is 9.60. The number of Topliss-reactive ketones (excluding diaryl/α,β-unsaturated/α-hetero) is 1. The summed E-state index contributed by atoms with van der Waals surface area (Å²) in [6.45, 7) is 1.58. The highest BCUT2D eigenvalue weighted by atomic mass is 32.1. The van der Waals surface area contributed by atoms with Gasteiger partial charge in [0.1, 0.15) is 5.65 Å². The van der Waals surface area contributed by atoms with Gasteiger partial charge in [-0.1, -0.05) is 0 Å². The largest absolute Gasteiger partial charge is 0.338 e. The molecule has 0 spiro atoms. The lowest BCUT2D eigenvalue weighted by molar-refractivity contribution is 0.102. The van der Waals surface area contributed by atoms with Crippen LogP contribution in [0.5, 0.6) is 0 Å². The number of pyridine rings is 2. The number of ketones is 1. The molecule has 0 aromatic carbocycles. The summed E-state index contributed by atoms with van der Waals surface area (Å²) in [5, 5.41) is 16.2. The number of hydrogen-bond acceptors (Lipinski definition) is 6. The van der Waals surface area contributed by atoms with E-state index < -0.39 is 0 Å². The molecular weight excluding hydrogens is 410 g/mol. The second kappa shape index (κ2) is 6.71. The Balaban J connectivity index is 1.50. The van der Waals surface area contributed by atoms with Gasteiger partial charge in [-0.25, -0.2) is 9.97 Å². The molecule has 0 radical (unpaired) electrons. The summed E-state index contributed by atoms with van der Waals surface area (Å²) in [5.41, 5.74) is 6.06. The Morgan fingerprint density at radius 2 is 1.97 bits per heavy atom. The standard InChI is InChI=1S/C22H15N7OS/c1-11(30)18-2-3-19(31-18)14-4-5-23-21-15(14)7-17(27-21)20-16-6-12(13-9-25-26-10-13)8-24-22(16)29-28-20/h2-10H,1H3,(H,23,27)(H,25,26)(H,24,28,29). The minimum absolute atomic E-state index is 0.0705. The SMILES string of the molecule is CC(=O)c1ccc(-c2ccnc3[nH]c(-c4[nH]nc5ncc(-c6cn[nH]c6)cc45)cc23)s1. The number of thiophene rings is 1. The van der Waals surface area contributed by atoms with Gasteiger partial charge in [-0.15, -0.1) is 11.3 Å². The first-order valence-corrected chi connectivity index (χ1v) is 10.4. The summed E-state index contributed by atoms with van der Waals surface area (Å²) < 4.78 is 0. The van der Waals surface area contributed by atoms with Crippen molar-refractivity contribution in [1.82, 2.24) is 35.3 Å². The Hall–Kier alpha value is -4.11. The minimum Gasteiger partial charge on any atom is -0.338 e. The maximum atomic E-state index is 11.7. The molecule has 0 aliphatic carbocycles. The van der Waals surface area contributed by atoms with Crippen molar-refractivity contribution in [3.8, 4) is 33.0 Å². The van der Waals surface area contributed by atoms with E-state index in [0.29, 0.717) is 5.65 Å². The minimum atomic E-state index is 0.0705. The van der Waals surface area contributed by atoms with E-state index >= 15 is 0 Å². The third-order valence-electron chi connectivity index (χ3n) is 5.26. The summed E-state index contributed by atoms with van der Waals surface area (Å²) >= 11 is 1.49. The molecular formula is C22H15N7OS. The van der Waals surface area contributed by atoms with E-state index in [9.17, 15) is 4.79 Å². The molecule has 0 saturated carbocycles. The van der Waals surface area contributed by atoms with Crippen molar-refractivity contribution in [3.63, 3.8) is 0 Å². The number of fused-ring (bicyclic) bond motifs is 2. The first kappa shape index (κ1) is 17.7. The third kappa shape index (κ3) is 2.86. The number of carbonyl (C=O) groups excluding carboxylic acids is 1. The molecule has 8 nitrogen and oxygen atoms in total. The van der Waals surface area contributed by atoms with Crippen LogP contribution >= 0.6 is 11.3 Å². The highest BCUT2D eigenvalue weighted by molar-refractivity contribution is 7.17. The van der Waals surface area contributed by atoms with Crippen LogP contribution in [0.2, 0.25) is 0 Å². The summed E-state index contributed by atoms with van der Waals surface area (Å²) in [6.07, 6.45) is 7.15. The fourth-order valence-corrected chi connectivity index (χ4v) is 4.66. The quantitative estimate of drug-likeness (QED) is 0.350. The van der Waals surface area contributed by atoms with Gasteiger partial charge in [0.15, 0.2) is 11.4 Å². The molecule has 0 unspecified atom stereocenters. The van der Waals surface area contributed by atoms with E-state index in [1.807, 2.05) is 30.5 Å². The fraction of sp³-hybridized carbons (Fsp3) is 0.0455. The number of rotatable bonds is 4. The summed E-state index contributed by atoms with van der Waals surface area (Å²) in [5.74, 6) is 0.0705. The van der Waals surface area contributed by atoms with Gasteiger partial charge in [0.25, 0.3) is 0 Å². The fourth-order valence-electron chi connectivity index (χ4n) is 3.72. The van der Waals surface area contributed by atoms with Crippen molar-refractivity contribution in [1.29, 1.82) is 0 Å². The highest BCUT2D eigenvalue weighted by Gasteiger charge is 2.16. The molecule has 31 heavy (non-hydrogen) atoms. The molecule has 0 bridgehead atoms. The van der Waals surface area contributed by atoms with Crippen LogP contribution in [0.25, 0.3) is 55.0 Å². The lowest BCUT2D eigenvalue weighted by Crippen LogP contribution is -1.83. The van der Waals surface area contributed by atoms with E-state index in [0.717, 1.165) is 54.3 Å². The van der Waals surface area contributed by atoms with Gasteiger partial charge < -0.3 is 4.98 Å². The second-order valence-electron chi connectivity index (χ2n) is 7.20.